The highest BCUT2D eigenvalue weighted by Crippen LogP contribution is 2.30. The lowest BCUT2D eigenvalue weighted by atomic mass is 10.2. The van der Waals surface area contributed by atoms with Crippen LogP contribution < -0.4 is 4.74 Å². The van der Waals surface area contributed by atoms with Gasteiger partial charge in [-0.05, 0) is 6.07 Å². The van der Waals surface area contributed by atoms with Crippen LogP contribution in [0.1, 0.15) is 10.4 Å². The minimum atomic E-state index is -1.28. The Morgan fingerprint density at radius 3 is 2.57 bits per heavy atom. The van der Waals surface area contributed by atoms with Gasteiger partial charge in [0.2, 0.25) is 5.82 Å². The number of ether oxygens (including phenoxy) is 1. The third-order valence-corrected chi connectivity index (χ3v) is 2.39. The standard InChI is InChI=1S/C12H6F2N2O5/c13-8-3-11(9(14)2-10(8)16(19)20)21-7-1-6(12(17)18)4-15-5-7/h1-5H,(H,17,18). The highest BCUT2D eigenvalue weighted by atomic mass is 19.1. The molecule has 9 heteroatoms. The molecule has 1 N–H and O–H groups in total. The molecule has 0 atom stereocenters. The van der Waals surface area contributed by atoms with Crippen molar-refractivity contribution in [1.82, 2.24) is 4.98 Å². The van der Waals surface area contributed by atoms with E-state index in [0.717, 1.165) is 18.5 Å². The number of nitro benzene ring substituents is 1. The number of aromatic nitrogens is 1. The Morgan fingerprint density at radius 2 is 1.95 bits per heavy atom. The molecule has 21 heavy (non-hydrogen) atoms. The topological polar surface area (TPSA) is 103 Å². The normalized spacial score (nSPS) is 10.2. The highest BCUT2D eigenvalue weighted by molar-refractivity contribution is 5.87. The largest absolute Gasteiger partial charge is 0.478 e. The Labute approximate surface area is 115 Å². The smallest absolute Gasteiger partial charge is 0.337 e. The molecular weight excluding hydrogens is 290 g/mol. The van der Waals surface area contributed by atoms with E-state index in [2.05, 4.69) is 4.98 Å². The molecule has 2 rings (SSSR count). The molecule has 0 amide bonds. The van der Waals surface area contributed by atoms with Gasteiger partial charge >= 0.3 is 11.7 Å². The lowest BCUT2D eigenvalue weighted by Gasteiger charge is -2.07. The predicted octanol–water partition coefficient (Wildman–Crippen LogP) is 2.76. The molecule has 0 aliphatic rings. The third-order valence-electron chi connectivity index (χ3n) is 2.39. The van der Waals surface area contributed by atoms with E-state index >= 15 is 0 Å². The number of aromatic carboxylic acids is 1. The molecule has 2 aromatic rings. The molecule has 108 valence electrons. The Balaban J connectivity index is 2.36. The van der Waals surface area contributed by atoms with Gasteiger partial charge in [0.25, 0.3) is 0 Å². The molecule has 1 heterocycles. The summed E-state index contributed by atoms with van der Waals surface area (Å²) in [7, 11) is 0. The van der Waals surface area contributed by atoms with Gasteiger partial charge in [0.15, 0.2) is 11.6 Å². The van der Waals surface area contributed by atoms with Crippen LogP contribution in [0.15, 0.2) is 30.6 Å². The molecule has 0 fully saturated rings. The number of nitrogens with zero attached hydrogens (tertiary/aromatic N) is 2. The Hall–Kier alpha value is -3.10. The first kappa shape index (κ1) is 14.3. The van der Waals surface area contributed by atoms with Crippen LogP contribution in [0.4, 0.5) is 14.5 Å². The minimum absolute atomic E-state index is 0.151. The Bertz CT molecular complexity index is 736. The first-order chi connectivity index (χ1) is 9.88. The summed E-state index contributed by atoms with van der Waals surface area (Å²) in [5, 5.41) is 19.2. The van der Waals surface area contributed by atoms with Crippen molar-refractivity contribution in [1.29, 1.82) is 0 Å². The molecule has 7 nitrogen and oxygen atoms in total. The molecular formula is C12H6F2N2O5. The molecule has 0 spiro atoms. The van der Waals surface area contributed by atoms with Crippen LogP contribution in [0.5, 0.6) is 11.5 Å². The molecule has 0 saturated heterocycles. The number of nitro groups is 1. The van der Waals surface area contributed by atoms with Crippen LogP contribution in [0.25, 0.3) is 0 Å². The average molecular weight is 296 g/mol. The maximum Gasteiger partial charge on any atom is 0.337 e. The second-order valence-electron chi connectivity index (χ2n) is 3.81. The van der Waals surface area contributed by atoms with Gasteiger partial charge in [-0.15, -0.1) is 0 Å². The molecule has 0 saturated carbocycles. The van der Waals surface area contributed by atoms with Crippen molar-refractivity contribution in [3.8, 4) is 11.5 Å². The van der Waals surface area contributed by atoms with E-state index in [1.165, 1.54) is 0 Å². The van der Waals surface area contributed by atoms with Crippen molar-refractivity contribution in [2.24, 2.45) is 0 Å². The summed E-state index contributed by atoms with van der Waals surface area (Å²) >= 11 is 0. The number of pyridine rings is 1. The first-order valence-electron chi connectivity index (χ1n) is 5.38. The number of hydrogen-bond acceptors (Lipinski definition) is 5. The van der Waals surface area contributed by atoms with E-state index in [1.807, 2.05) is 0 Å². The van der Waals surface area contributed by atoms with Crippen molar-refractivity contribution in [2.45, 2.75) is 0 Å². The summed E-state index contributed by atoms with van der Waals surface area (Å²) in [4.78, 5) is 23.7. The average Bonchev–Trinajstić information content (AvgIpc) is 2.42. The molecule has 1 aromatic carbocycles. The summed E-state index contributed by atoms with van der Waals surface area (Å²) in [6.45, 7) is 0. The van der Waals surface area contributed by atoms with E-state index in [0.29, 0.717) is 12.1 Å². The van der Waals surface area contributed by atoms with E-state index in [1.54, 1.807) is 0 Å². The second kappa shape index (κ2) is 5.49. The van der Waals surface area contributed by atoms with Gasteiger partial charge in [0.05, 0.1) is 22.7 Å². The number of hydrogen-bond donors (Lipinski definition) is 1. The monoisotopic (exact) mass is 296 g/mol. The number of carboxylic acids is 1. The number of benzene rings is 1. The van der Waals surface area contributed by atoms with Gasteiger partial charge in [-0.1, -0.05) is 0 Å². The van der Waals surface area contributed by atoms with Crippen LogP contribution in [0.3, 0.4) is 0 Å². The van der Waals surface area contributed by atoms with Crippen molar-refractivity contribution in [3.05, 3.63) is 57.9 Å². The van der Waals surface area contributed by atoms with E-state index in [4.69, 9.17) is 9.84 Å². The van der Waals surface area contributed by atoms with Crippen LogP contribution >= 0.6 is 0 Å². The van der Waals surface area contributed by atoms with Crippen molar-refractivity contribution >= 4 is 11.7 Å². The Kier molecular flexibility index (Phi) is 3.74. The zero-order chi connectivity index (χ0) is 15.6. The number of halogens is 2. The fourth-order valence-electron chi connectivity index (χ4n) is 1.45. The zero-order valence-electron chi connectivity index (χ0n) is 10.1. The molecule has 0 unspecified atom stereocenters. The van der Waals surface area contributed by atoms with Crippen LogP contribution in [-0.2, 0) is 0 Å². The van der Waals surface area contributed by atoms with Gasteiger partial charge in [-0.25, -0.2) is 9.18 Å². The fourth-order valence-corrected chi connectivity index (χ4v) is 1.45. The molecule has 0 aliphatic heterocycles. The maximum absolute atomic E-state index is 13.6. The third kappa shape index (κ3) is 3.08. The number of carboxylic acid groups (broad SMARTS) is 1. The second-order valence-corrected chi connectivity index (χ2v) is 3.81. The van der Waals surface area contributed by atoms with Gasteiger partial charge in [0.1, 0.15) is 5.75 Å². The SMILES string of the molecule is O=C(O)c1cncc(Oc2cc(F)c([N+](=O)[O-])cc2F)c1. The van der Waals surface area contributed by atoms with Gasteiger partial charge in [-0.3, -0.25) is 15.1 Å². The number of rotatable bonds is 4. The van der Waals surface area contributed by atoms with Crippen LogP contribution in [0.2, 0.25) is 0 Å². The summed E-state index contributed by atoms with van der Waals surface area (Å²) in [6, 6.07) is 1.92. The lowest BCUT2D eigenvalue weighted by Crippen LogP contribution is -1.99. The molecule has 0 radical (unpaired) electrons. The van der Waals surface area contributed by atoms with Crippen molar-refractivity contribution in [2.75, 3.05) is 0 Å². The summed E-state index contributed by atoms with van der Waals surface area (Å²) in [5.74, 6) is -4.49. The van der Waals surface area contributed by atoms with Crippen molar-refractivity contribution in [3.63, 3.8) is 0 Å². The van der Waals surface area contributed by atoms with Crippen LogP contribution in [-0.4, -0.2) is 21.0 Å². The van der Waals surface area contributed by atoms with E-state index in [-0.39, 0.29) is 11.3 Å². The fraction of sp³-hybridized carbons (Fsp3) is 0. The van der Waals surface area contributed by atoms with E-state index in [9.17, 15) is 23.7 Å². The Morgan fingerprint density at radius 1 is 1.24 bits per heavy atom. The summed E-state index contributed by atoms with van der Waals surface area (Å²) < 4.78 is 31.9. The predicted molar refractivity (Wildman–Crippen MR) is 64.3 cm³/mol. The molecule has 1 aromatic heterocycles. The lowest BCUT2D eigenvalue weighted by molar-refractivity contribution is -0.387. The first-order valence-corrected chi connectivity index (χ1v) is 5.38. The van der Waals surface area contributed by atoms with Gasteiger partial charge in [0, 0.05) is 12.3 Å². The summed E-state index contributed by atoms with van der Waals surface area (Å²) in [5.41, 5.74) is -1.24. The van der Waals surface area contributed by atoms with E-state index < -0.39 is 34.0 Å². The highest BCUT2D eigenvalue weighted by Gasteiger charge is 2.20. The quantitative estimate of drug-likeness (QED) is 0.687. The van der Waals surface area contributed by atoms with Gasteiger partial charge in [-0.2, -0.15) is 4.39 Å². The van der Waals surface area contributed by atoms with Crippen LogP contribution in [0, 0.1) is 21.7 Å². The zero-order valence-corrected chi connectivity index (χ0v) is 10.1. The number of carbonyl (C=O) groups is 1. The molecule has 0 aliphatic carbocycles. The summed E-state index contributed by atoms with van der Waals surface area (Å²) in [6.07, 6.45) is 2.13. The van der Waals surface area contributed by atoms with Crippen molar-refractivity contribution < 1.29 is 28.3 Å². The minimum Gasteiger partial charge on any atom is -0.478 e. The molecule has 0 bridgehead atoms. The van der Waals surface area contributed by atoms with Gasteiger partial charge < -0.3 is 9.84 Å². The maximum atomic E-state index is 13.6.